The molecule has 2 aromatic carbocycles. The summed E-state index contributed by atoms with van der Waals surface area (Å²) < 4.78 is 23.4. The van der Waals surface area contributed by atoms with Gasteiger partial charge in [-0.2, -0.15) is 0 Å². The molecule has 0 radical (unpaired) electrons. The summed E-state index contributed by atoms with van der Waals surface area (Å²) in [6.07, 6.45) is 18.3. The smallest absolute Gasteiger partial charge is 0.226 e. The maximum Gasteiger partial charge on any atom is 0.226 e. The van der Waals surface area contributed by atoms with Crippen LogP contribution in [0.4, 0.5) is 23.0 Å². The quantitative estimate of drug-likeness (QED) is 0.144. The average Bonchev–Trinajstić information content (AvgIpc) is 3.22. The van der Waals surface area contributed by atoms with Gasteiger partial charge in [0.15, 0.2) is 0 Å². The summed E-state index contributed by atoms with van der Waals surface area (Å²) in [5.41, 5.74) is 3.82. The lowest BCUT2D eigenvalue weighted by Gasteiger charge is -2.21. The van der Waals surface area contributed by atoms with Gasteiger partial charge in [0, 0.05) is 36.2 Å². The molecule has 0 spiro atoms. The van der Waals surface area contributed by atoms with E-state index in [9.17, 15) is 0 Å². The number of rotatable bonds is 10. The van der Waals surface area contributed by atoms with Gasteiger partial charge in [0.1, 0.15) is 35.3 Å². The summed E-state index contributed by atoms with van der Waals surface area (Å²) in [5, 5.41) is 6.50. The number of hydrogen-bond donors (Lipinski definition) is 2. The van der Waals surface area contributed by atoms with Gasteiger partial charge in [-0.15, -0.1) is 0 Å². The average molecular weight is 691 g/mol. The minimum atomic E-state index is -0.0196. The van der Waals surface area contributed by atoms with Gasteiger partial charge >= 0.3 is 0 Å². The highest BCUT2D eigenvalue weighted by atomic mass is 16.5. The standard InChI is InChI=1S/2C21H19N3O2/c2*1-3-13-22-20(8-1)24-16-9-11-17(12-10-16)26-21-18(6-5-14-23-21)19-7-2-4-15-25-19/h2*1,3-6,8-15,19H,2,7H2,(H,22,24). The van der Waals surface area contributed by atoms with Crippen molar-refractivity contribution in [3.05, 3.63) is 170 Å². The molecule has 260 valence electrons. The molecule has 2 aliphatic heterocycles. The molecule has 2 atom stereocenters. The number of ether oxygens (including phenoxy) is 4. The molecule has 2 unspecified atom stereocenters. The molecule has 0 amide bonds. The zero-order chi connectivity index (χ0) is 35.2. The van der Waals surface area contributed by atoms with E-state index in [-0.39, 0.29) is 12.2 Å². The first-order chi connectivity index (χ1) is 25.8. The van der Waals surface area contributed by atoms with Gasteiger partial charge in [0.05, 0.1) is 23.7 Å². The minimum Gasteiger partial charge on any atom is -0.493 e. The van der Waals surface area contributed by atoms with E-state index in [2.05, 4.69) is 30.6 Å². The van der Waals surface area contributed by atoms with Gasteiger partial charge < -0.3 is 29.6 Å². The first-order valence-electron chi connectivity index (χ1n) is 17.2. The van der Waals surface area contributed by atoms with E-state index in [0.717, 1.165) is 71.3 Å². The van der Waals surface area contributed by atoms with Crippen molar-refractivity contribution in [2.75, 3.05) is 10.6 Å². The van der Waals surface area contributed by atoms with Gasteiger partial charge in [-0.05, 0) is 135 Å². The fourth-order valence-corrected chi connectivity index (χ4v) is 5.60. The SMILES string of the molecule is C1=COC(c2cccnc2Oc2ccc(Nc3ccccn3)cc2)CC1.C1=COC(c2cccnc2Oc2ccc(Nc3ccccn3)cc2)CC1. The predicted molar refractivity (Wildman–Crippen MR) is 201 cm³/mol. The summed E-state index contributed by atoms with van der Waals surface area (Å²) in [5.74, 6) is 4.22. The van der Waals surface area contributed by atoms with Crippen LogP contribution in [-0.2, 0) is 9.47 Å². The van der Waals surface area contributed by atoms with Crippen LogP contribution in [0, 0.1) is 0 Å². The molecule has 10 nitrogen and oxygen atoms in total. The second-order valence-electron chi connectivity index (χ2n) is 11.9. The number of allylic oxidation sites excluding steroid dienone is 2. The van der Waals surface area contributed by atoms with E-state index in [1.807, 2.05) is 121 Å². The van der Waals surface area contributed by atoms with Crippen LogP contribution in [0.25, 0.3) is 0 Å². The van der Waals surface area contributed by atoms with Crippen molar-refractivity contribution in [3.63, 3.8) is 0 Å². The molecule has 52 heavy (non-hydrogen) atoms. The minimum absolute atomic E-state index is 0.0196. The number of anilines is 4. The molecule has 2 N–H and O–H groups in total. The molecule has 2 aliphatic rings. The van der Waals surface area contributed by atoms with Crippen molar-refractivity contribution < 1.29 is 18.9 Å². The van der Waals surface area contributed by atoms with Crippen LogP contribution >= 0.6 is 0 Å². The third kappa shape index (κ3) is 9.30. The van der Waals surface area contributed by atoms with Crippen LogP contribution in [0.3, 0.4) is 0 Å². The first-order valence-corrected chi connectivity index (χ1v) is 17.2. The zero-order valence-corrected chi connectivity index (χ0v) is 28.4. The lowest BCUT2D eigenvalue weighted by Crippen LogP contribution is -2.06. The van der Waals surface area contributed by atoms with Crippen molar-refractivity contribution in [1.82, 2.24) is 19.9 Å². The summed E-state index contributed by atoms with van der Waals surface area (Å²) >= 11 is 0. The Morgan fingerprint density at radius 1 is 0.481 bits per heavy atom. The largest absolute Gasteiger partial charge is 0.493 e. The number of aromatic nitrogens is 4. The predicted octanol–water partition coefficient (Wildman–Crippen LogP) is 10.8. The highest BCUT2D eigenvalue weighted by Gasteiger charge is 2.21. The Kier molecular flexibility index (Phi) is 11.3. The topological polar surface area (TPSA) is 113 Å². The van der Waals surface area contributed by atoms with Crippen molar-refractivity contribution >= 4 is 23.0 Å². The lowest BCUT2D eigenvalue weighted by molar-refractivity contribution is 0.122. The molecule has 6 heterocycles. The second-order valence-corrected chi connectivity index (χ2v) is 11.9. The van der Waals surface area contributed by atoms with Crippen LogP contribution in [0.5, 0.6) is 23.3 Å². The highest BCUT2D eigenvalue weighted by Crippen LogP contribution is 2.36. The van der Waals surface area contributed by atoms with Gasteiger partial charge in [-0.25, -0.2) is 19.9 Å². The van der Waals surface area contributed by atoms with Gasteiger partial charge in [-0.3, -0.25) is 0 Å². The van der Waals surface area contributed by atoms with Gasteiger partial charge in [0.25, 0.3) is 0 Å². The van der Waals surface area contributed by atoms with E-state index in [1.165, 1.54) is 0 Å². The Morgan fingerprint density at radius 2 is 0.923 bits per heavy atom. The number of benzene rings is 2. The molecule has 0 saturated carbocycles. The summed E-state index contributed by atoms with van der Waals surface area (Å²) in [6.45, 7) is 0. The van der Waals surface area contributed by atoms with Crippen molar-refractivity contribution in [3.8, 4) is 23.3 Å². The van der Waals surface area contributed by atoms with Crippen LogP contribution in [0.1, 0.15) is 49.0 Å². The van der Waals surface area contributed by atoms with Crippen LogP contribution < -0.4 is 20.1 Å². The van der Waals surface area contributed by atoms with E-state index < -0.39 is 0 Å². The van der Waals surface area contributed by atoms with Crippen LogP contribution in [0.2, 0.25) is 0 Å². The summed E-state index contributed by atoms with van der Waals surface area (Å²) in [7, 11) is 0. The third-order valence-electron chi connectivity index (χ3n) is 8.18. The first kappa shape index (κ1) is 33.8. The molecule has 0 aliphatic carbocycles. The molecule has 6 aromatic rings. The highest BCUT2D eigenvalue weighted by molar-refractivity contribution is 5.58. The lowest BCUT2D eigenvalue weighted by atomic mass is 10.0. The molecular weight excluding hydrogens is 652 g/mol. The van der Waals surface area contributed by atoms with Crippen molar-refractivity contribution in [2.45, 2.75) is 37.9 Å². The molecular formula is C42H38N6O4. The monoisotopic (exact) mass is 690 g/mol. The number of pyridine rings is 4. The number of nitrogens with one attached hydrogen (secondary N) is 2. The molecule has 8 rings (SSSR count). The Bertz CT molecular complexity index is 1910. The second kappa shape index (κ2) is 17.3. The number of nitrogens with zero attached hydrogens (tertiary/aromatic N) is 4. The fourth-order valence-electron chi connectivity index (χ4n) is 5.60. The molecule has 4 aromatic heterocycles. The Balaban J connectivity index is 0.000000162. The molecule has 0 saturated heterocycles. The molecule has 10 heteroatoms. The number of hydrogen-bond acceptors (Lipinski definition) is 10. The normalized spacial score (nSPS) is 15.9. The van der Waals surface area contributed by atoms with Crippen molar-refractivity contribution in [2.24, 2.45) is 0 Å². The summed E-state index contributed by atoms with van der Waals surface area (Å²) in [4.78, 5) is 17.3. The third-order valence-corrected chi connectivity index (χ3v) is 8.18. The van der Waals surface area contributed by atoms with Gasteiger partial charge in [0.2, 0.25) is 11.8 Å². The van der Waals surface area contributed by atoms with Gasteiger partial charge in [-0.1, -0.05) is 12.1 Å². The Morgan fingerprint density at radius 3 is 1.31 bits per heavy atom. The van der Waals surface area contributed by atoms with E-state index in [1.54, 1.807) is 37.3 Å². The van der Waals surface area contributed by atoms with E-state index in [4.69, 9.17) is 18.9 Å². The summed E-state index contributed by atoms with van der Waals surface area (Å²) in [6, 6.07) is 34.8. The zero-order valence-electron chi connectivity index (χ0n) is 28.4. The van der Waals surface area contributed by atoms with E-state index in [0.29, 0.717) is 11.8 Å². The fraction of sp³-hybridized carbons (Fsp3) is 0.143. The maximum atomic E-state index is 6.01. The molecule has 0 fully saturated rings. The van der Waals surface area contributed by atoms with Crippen LogP contribution in [0.15, 0.2) is 159 Å². The molecule has 0 bridgehead atoms. The Labute approximate surface area is 302 Å². The van der Waals surface area contributed by atoms with E-state index >= 15 is 0 Å². The van der Waals surface area contributed by atoms with Crippen LogP contribution in [-0.4, -0.2) is 19.9 Å². The Hall–Kier alpha value is -6.68. The van der Waals surface area contributed by atoms with Crippen molar-refractivity contribution in [1.29, 1.82) is 0 Å². The maximum absolute atomic E-state index is 6.01.